The number of methoxy groups -OCH3 is 2. The molecule has 1 aromatic heterocycles. The Hall–Kier alpha value is -3.27. The van der Waals surface area contributed by atoms with Crippen LogP contribution in [0.25, 0.3) is 0 Å². The van der Waals surface area contributed by atoms with Crippen molar-refractivity contribution < 1.29 is 19.1 Å². The molecule has 2 atom stereocenters. The van der Waals surface area contributed by atoms with E-state index in [0.29, 0.717) is 30.3 Å². The van der Waals surface area contributed by atoms with Crippen molar-refractivity contribution >= 4 is 17.8 Å². The van der Waals surface area contributed by atoms with Gasteiger partial charge in [0, 0.05) is 25.1 Å². The minimum Gasteiger partial charge on any atom is -0.493 e. The van der Waals surface area contributed by atoms with Gasteiger partial charge < -0.3 is 20.1 Å². The van der Waals surface area contributed by atoms with Crippen LogP contribution in [-0.4, -0.2) is 42.0 Å². The number of urea groups is 1. The molecule has 3 rings (SSSR count). The van der Waals surface area contributed by atoms with Crippen molar-refractivity contribution in [3.8, 4) is 11.5 Å². The van der Waals surface area contributed by atoms with Gasteiger partial charge in [0.1, 0.15) is 5.82 Å². The van der Waals surface area contributed by atoms with Gasteiger partial charge in [-0.2, -0.15) is 5.10 Å². The molecule has 1 aliphatic heterocycles. The van der Waals surface area contributed by atoms with Crippen molar-refractivity contribution in [2.45, 2.75) is 39.1 Å². The van der Waals surface area contributed by atoms with Crippen LogP contribution >= 0.6 is 0 Å². The van der Waals surface area contributed by atoms with Crippen molar-refractivity contribution in [2.75, 3.05) is 19.5 Å². The summed E-state index contributed by atoms with van der Waals surface area (Å²) in [6.45, 7) is 4.04. The summed E-state index contributed by atoms with van der Waals surface area (Å²) in [5.41, 5.74) is 1.58. The number of hydrogen-bond donors (Lipinski definition) is 4. The number of anilines is 1. The van der Waals surface area contributed by atoms with Gasteiger partial charge in [0.2, 0.25) is 5.91 Å². The first kappa shape index (κ1) is 20.5. The molecule has 1 saturated heterocycles. The van der Waals surface area contributed by atoms with Crippen LogP contribution in [0.2, 0.25) is 0 Å². The lowest BCUT2D eigenvalue weighted by Gasteiger charge is -2.30. The van der Waals surface area contributed by atoms with Crippen LogP contribution in [0.15, 0.2) is 24.3 Å². The van der Waals surface area contributed by atoms with Gasteiger partial charge in [-0.05, 0) is 31.5 Å². The van der Waals surface area contributed by atoms with Crippen LogP contribution in [-0.2, 0) is 11.3 Å². The summed E-state index contributed by atoms with van der Waals surface area (Å²) in [6, 6.07) is 6.78. The number of ether oxygens (including phenoxy) is 2. The highest BCUT2D eigenvalue weighted by atomic mass is 16.5. The summed E-state index contributed by atoms with van der Waals surface area (Å²) >= 11 is 0. The number of carbonyl (C=O) groups is 2. The number of nitrogens with one attached hydrogen (secondary N) is 4. The molecule has 4 N–H and O–H groups in total. The van der Waals surface area contributed by atoms with Crippen LogP contribution < -0.4 is 30.7 Å². The second-order valence-electron chi connectivity index (χ2n) is 6.85. The summed E-state index contributed by atoms with van der Waals surface area (Å²) in [5.74, 6) is 1.61. The zero-order valence-corrected chi connectivity index (χ0v) is 16.9. The topological polar surface area (TPSA) is 119 Å². The van der Waals surface area contributed by atoms with E-state index >= 15 is 0 Å². The fourth-order valence-electron chi connectivity index (χ4n) is 3.13. The minimum absolute atomic E-state index is 0.00462. The third kappa shape index (κ3) is 4.96. The van der Waals surface area contributed by atoms with Gasteiger partial charge in [-0.3, -0.25) is 15.4 Å². The number of benzene rings is 1. The predicted molar refractivity (Wildman–Crippen MR) is 107 cm³/mol. The molecular formula is C19H26N6O4. The van der Waals surface area contributed by atoms with Gasteiger partial charge in [0.05, 0.1) is 19.9 Å². The third-order valence-corrected chi connectivity index (χ3v) is 4.48. The Labute approximate surface area is 168 Å². The van der Waals surface area contributed by atoms with Crippen molar-refractivity contribution in [3.05, 3.63) is 35.5 Å². The highest BCUT2D eigenvalue weighted by Crippen LogP contribution is 2.27. The molecular weight excluding hydrogens is 376 g/mol. The van der Waals surface area contributed by atoms with E-state index in [9.17, 15) is 9.59 Å². The molecule has 29 heavy (non-hydrogen) atoms. The lowest BCUT2D eigenvalue weighted by Crippen LogP contribution is -2.52. The maximum atomic E-state index is 12.4. The molecule has 1 aliphatic rings. The van der Waals surface area contributed by atoms with E-state index < -0.39 is 12.3 Å². The molecule has 1 fully saturated rings. The van der Waals surface area contributed by atoms with Gasteiger partial charge in [-0.25, -0.2) is 9.48 Å². The van der Waals surface area contributed by atoms with E-state index in [1.54, 1.807) is 37.1 Å². The largest absolute Gasteiger partial charge is 0.493 e. The Kier molecular flexibility index (Phi) is 6.23. The second-order valence-corrected chi connectivity index (χ2v) is 6.85. The lowest BCUT2D eigenvalue weighted by atomic mass is 10.2. The van der Waals surface area contributed by atoms with Crippen LogP contribution in [0.4, 0.5) is 10.6 Å². The van der Waals surface area contributed by atoms with E-state index in [0.717, 1.165) is 11.3 Å². The van der Waals surface area contributed by atoms with Gasteiger partial charge in [0.25, 0.3) is 0 Å². The maximum Gasteiger partial charge on any atom is 0.320 e. The SMILES string of the molecule is COc1ccc(CNC(=O)Nc2cc(C)nn2C2NC(=O)CC(C)N2)cc1OC. The van der Waals surface area contributed by atoms with Gasteiger partial charge in [0.15, 0.2) is 17.8 Å². The molecule has 0 aliphatic carbocycles. The lowest BCUT2D eigenvalue weighted by molar-refractivity contribution is -0.125. The van der Waals surface area contributed by atoms with E-state index in [-0.39, 0.29) is 11.9 Å². The summed E-state index contributed by atoms with van der Waals surface area (Å²) in [6.07, 6.45) is -0.133. The fraction of sp³-hybridized carbons (Fsp3) is 0.421. The van der Waals surface area contributed by atoms with Crippen LogP contribution in [0.3, 0.4) is 0 Å². The van der Waals surface area contributed by atoms with E-state index in [1.165, 1.54) is 0 Å². The van der Waals surface area contributed by atoms with Gasteiger partial charge in [-0.15, -0.1) is 0 Å². The minimum atomic E-state index is -0.527. The van der Waals surface area contributed by atoms with Crippen molar-refractivity contribution in [2.24, 2.45) is 0 Å². The molecule has 0 bridgehead atoms. The van der Waals surface area contributed by atoms with E-state index in [4.69, 9.17) is 9.47 Å². The van der Waals surface area contributed by atoms with Crippen molar-refractivity contribution in [3.63, 3.8) is 0 Å². The van der Waals surface area contributed by atoms with Gasteiger partial charge >= 0.3 is 6.03 Å². The Morgan fingerprint density at radius 2 is 2.03 bits per heavy atom. The maximum absolute atomic E-state index is 12.4. The molecule has 0 radical (unpaired) electrons. The highest BCUT2D eigenvalue weighted by Gasteiger charge is 2.26. The average molecular weight is 402 g/mol. The first-order valence-corrected chi connectivity index (χ1v) is 9.27. The Morgan fingerprint density at radius 1 is 1.28 bits per heavy atom. The molecule has 156 valence electrons. The number of nitrogens with zero attached hydrogens (tertiary/aromatic N) is 2. The Balaban J connectivity index is 1.65. The molecule has 2 aromatic rings. The van der Waals surface area contributed by atoms with Crippen LogP contribution in [0.5, 0.6) is 11.5 Å². The third-order valence-electron chi connectivity index (χ3n) is 4.48. The summed E-state index contributed by atoms with van der Waals surface area (Å²) in [4.78, 5) is 24.3. The molecule has 1 aromatic carbocycles. The second kappa shape index (κ2) is 8.82. The molecule has 2 unspecified atom stereocenters. The first-order valence-electron chi connectivity index (χ1n) is 9.27. The quantitative estimate of drug-likeness (QED) is 0.581. The number of carbonyl (C=O) groups excluding carboxylic acids is 2. The van der Waals surface area contributed by atoms with Crippen molar-refractivity contribution in [1.82, 2.24) is 25.7 Å². The molecule has 0 spiro atoms. The molecule has 0 saturated carbocycles. The van der Waals surface area contributed by atoms with Crippen LogP contribution in [0.1, 0.15) is 30.9 Å². The van der Waals surface area contributed by atoms with Gasteiger partial charge in [-0.1, -0.05) is 6.07 Å². The summed E-state index contributed by atoms with van der Waals surface area (Å²) in [5, 5.41) is 16.0. The number of hydrogen-bond acceptors (Lipinski definition) is 6. The molecule has 3 amide bonds. The fourth-order valence-corrected chi connectivity index (χ4v) is 3.13. The number of aromatic nitrogens is 2. The Morgan fingerprint density at radius 3 is 2.72 bits per heavy atom. The average Bonchev–Trinajstić information content (AvgIpc) is 3.05. The summed E-state index contributed by atoms with van der Waals surface area (Å²) < 4.78 is 12.0. The number of rotatable bonds is 6. The summed E-state index contributed by atoms with van der Waals surface area (Å²) in [7, 11) is 3.13. The number of aryl methyl sites for hydroxylation is 1. The standard InChI is InChI=1S/C19H26N6O4/c1-11-8-17(26)23-18(21-11)25-16(7-12(2)24-25)22-19(27)20-10-13-5-6-14(28-3)15(9-13)29-4/h5-7,9,11,18,21H,8,10H2,1-4H3,(H,23,26)(H2,20,22,27). The van der Waals surface area contributed by atoms with E-state index in [2.05, 4.69) is 26.4 Å². The molecule has 10 heteroatoms. The normalized spacial score (nSPS) is 18.7. The van der Waals surface area contributed by atoms with Crippen molar-refractivity contribution in [1.29, 1.82) is 0 Å². The van der Waals surface area contributed by atoms with Crippen LogP contribution in [0, 0.1) is 6.92 Å². The monoisotopic (exact) mass is 402 g/mol. The molecule has 2 heterocycles. The zero-order chi connectivity index (χ0) is 21.0. The predicted octanol–water partition coefficient (Wildman–Crippen LogP) is 1.48. The molecule has 10 nitrogen and oxygen atoms in total. The first-order chi connectivity index (χ1) is 13.9. The van der Waals surface area contributed by atoms with E-state index in [1.807, 2.05) is 19.9 Å². The Bertz CT molecular complexity index is 897. The zero-order valence-electron chi connectivity index (χ0n) is 16.9. The highest BCUT2D eigenvalue weighted by molar-refractivity contribution is 5.88. The smallest absolute Gasteiger partial charge is 0.320 e. The number of amides is 3.